The van der Waals surface area contributed by atoms with Crippen molar-refractivity contribution >= 4 is 44.8 Å². The lowest BCUT2D eigenvalue weighted by Crippen LogP contribution is -2.50. The highest BCUT2D eigenvalue weighted by Gasteiger charge is 2.32. The minimum Gasteiger partial charge on any atom is -0.336 e. The van der Waals surface area contributed by atoms with Crippen molar-refractivity contribution in [3.8, 4) is 0 Å². The molecule has 1 aliphatic rings. The standard InChI is InChI=1S/C18H17Cl2N3O5S/c1-12-2-4-14(23(25)26)11-17(12)29(27,28)22-8-6-21(7-9-22)18(24)13-3-5-15(19)16(20)10-13/h2-5,10-11H,6-9H2,1H3. The van der Waals surface area contributed by atoms with E-state index in [0.29, 0.717) is 16.1 Å². The predicted molar refractivity (Wildman–Crippen MR) is 109 cm³/mol. The number of nitro groups is 1. The van der Waals surface area contributed by atoms with Crippen LogP contribution in [0.4, 0.5) is 5.69 Å². The highest BCUT2D eigenvalue weighted by molar-refractivity contribution is 7.89. The van der Waals surface area contributed by atoms with E-state index in [4.69, 9.17) is 23.2 Å². The molecule has 0 aliphatic carbocycles. The molecule has 2 aromatic rings. The zero-order chi connectivity index (χ0) is 21.3. The van der Waals surface area contributed by atoms with Gasteiger partial charge >= 0.3 is 0 Å². The summed E-state index contributed by atoms with van der Waals surface area (Å²) in [4.78, 5) is 24.4. The first-order chi connectivity index (χ1) is 13.6. The fourth-order valence-corrected chi connectivity index (χ4v) is 5.03. The van der Waals surface area contributed by atoms with Gasteiger partial charge in [-0.3, -0.25) is 14.9 Å². The number of hydrogen-bond acceptors (Lipinski definition) is 5. The molecule has 1 saturated heterocycles. The van der Waals surface area contributed by atoms with E-state index in [1.807, 2.05) is 0 Å². The molecule has 1 fully saturated rings. The first kappa shape index (κ1) is 21.5. The van der Waals surface area contributed by atoms with Crippen LogP contribution in [0, 0.1) is 17.0 Å². The maximum absolute atomic E-state index is 13.0. The van der Waals surface area contributed by atoms with E-state index in [2.05, 4.69) is 0 Å². The van der Waals surface area contributed by atoms with Gasteiger partial charge in [-0.05, 0) is 30.7 Å². The Balaban J connectivity index is 1.76. The molecular formula is C18H17Cl2N3O5S. The van der Waals surface area contributed by atoms with Gasteiger partial charge in [0.2, 0.25) is 10.0 Å². The fourth-order valence-electron chi connectivity index (χ4n) is 3.06. The number of aryl methyl sites for hydroxylation is 1. The molecule has 1 aliphatic heterocycles. The first-order valence-electron chi connectivity index (χ1n) is 8.61. The second-order valence-electron chi connectivity index (χ2n) is 6.53. The van der Waals surface area contributed by atoms with Crippen molar-refractivity contribution in [1.29, 1.82) is 0 Å². The smallest absolute Gasteiger partial charge is 0.270 e. The molecule has 1 amide bonds. The topological polar surface area (TPSA) is 101 Å². The molecule has 2 aromatic carbocycles. The summed E-state index contributed by atoms with van der Waals surface area (Å²) in [5, 5.41) is 11.6. The third-order valence-corrected chi connectivity index (χ3v) is 7.47. The van der Waals surface area contributed by atoms with Crippen molar-refractivity contribution in [2.24, 2.45) is 0 Å². The minimum atomic E-state index is -3.92. The van der Waals surface area contributed by atoms with Crippen molar-refractivity contribution in [3.63, 3.8) is 0 Å². The third-order valence-electron chi connectivity index (χ3n) is 4.69. The van der Waals surface area contributed by atoms with Crippen LogP contribution in [0.25, 0.3) is 0 Å². The van der Waals surface area contributed by atoms with Gasteiger partial charge in [0, 0.05) is 43.9 Å². The Morgan fingerprint density at radius 2 is 1.69 bits per heavy atom. The molecule has 0 radical (unpaired) electrons. The Bertz CT molecular complexity index is 1080. The molecule has 0 spiro atoms. The van der Waals surface area contributed by atoms with Crippen LogP contribution in [-0.2, 0) is 10.0 Å². The molecule has 3 rings (SSSR count). The highest BCUT2D eigenvalue weighted by Crippen LogP contribution is 2.27. The molecule has 0 bridgehead atoms. The number of hydrogen-bond donors (Lipinski definition) is 0. The van der Waals surface area contributed by atoms with E-state index in [1.54, 1.807) is 13.0 Å². The first-order valence-corrected chi connectivity index (χ1v) is 10.8. The number of halogens is 2. The normalized spacial score (nSPS) is 15.3. The molecule has 0 N–H and O–H groups in total. The van der Waals surface area contributed by atoms with Crippen molar-refractivity contribution in [3.05, 3.63) is 67.7 Å². The largest absolute Gasteiger partial charge is 0.336 e. The highest BCUT2D eigenvalue weighted by atomic mass is 35.5. The van der Waals surface area contributed by atoms with Crippen molar-refractivity contribution < 1.29 is 18.1 Å². The predicted octanol–water partition coefficient (Wildman–Crippen LogP) is 3.36. The van der Waals surface area contributed by atoms with E-state index in [1.165, 1.54) is 33.5 Å². The SMILES string of the molecule is Cc1ccc([N+](=O)[O-])cc1S(=O)(=O)N1CCN(C(=O)c2ccc(Cl)c(Cl)c2)CC1. The van der Waals surface area contributed by atoms with Crippen LogP contribution >= 0.6 is 23.2 Å². The average Bonchev–Trinajstić information content (AvgIpc) is 2.69. The quantitative estimate of drug-likeness (QED) is 0.517. The summed E-state index contributed by atoms with van der Waals surface area (Å²) in [6, 6.07) is 8.31. The molecule has 1 heterocycles. The van der Waals surface area contributed by atoms with Gasteiger partial charge in [0.25, 0.3) is 11.6 Å². The number of carbonyl (C=O) groups is 1. The zero-order valence-electron chi connectivity index (χ0n) is 15.3. The number of nitro benzene ring substituents is 1. The van der Waals surface area contributed by atoms with E-state index < -0.39 is 14.9 Å². The van der Waals surface area contributed by atoms with Crippen LogP contribution < -0.4 is 0 Å². The maximum Gasteiger partial charge on any atom is 0.270 e. The van der Waals surface area contributed by atoms with Gasteiger partial charge in [0.15, 0.2) is 0 Å². The van der Waals surface area contributed by atoms with Crippen molar-refractivity contribution in [2.75, 3.05) is 26.2 Å². The van der Waals surface area contributed by atoms with Crippen LogP contribution in [0.5, 0.6) is 0 Å². The van der Waals surface area contributed by atoms with Gasteiger partial charge in [-0.2, -0.15) is 4.31 Å². The molecule has 0 aromatic heterocycles. The lowest BCUT2D eigenvalue weighted by Gasteiger charge is -2.34. The van der Waals surface area contributed by atoms with Crippen molar-refractivity contribution in [1.82, 2.24) is 9.21 Å². The maximum atomic E-state index is 13.0. The Labute approximate surface area is 177 Å². The summed E-state index contributed by atoms with van der Waals surface area (Å²) in [5.41, 5.74) is 0.498. The number of rotatable bonds is 4. The molecule has 11 heteroatoms. The second-order valence-corrected chi connectivity index (χ2v) is 9.25. The Morgan fingerprint density at radius 3 is 2.28 bits per heavy atom. The van der Waals surface area contributed by atoms with Gasteiger partial charge in [0.05, 0.1) is 19.9 Å². The summed E-state index contributed by atoms with van der Waals surface area (Å²) in [5.74, 6) is -0.271. The number of amides is 1. The van der Waals surface area contributed by atoms with Crippen LogP contribution in [0.2, 0.25) is 10.0 Å². The number of carbonyl (C=O) groups excluding carboxylic acids is 1. The molecule has 0 saturated carbocycles. The second kappa shape index (κ2) is 8.27. The van der Waals surface area contributed by atoms with E-state index in [-0.39, 0.29) is 47.7 Å². The van der Waals surface area contributed by atoms with E-state index in [0.717, 1.165) is 6.07 Å². The van der Waals surface area contributed by atoms with Gasteiger partial charge in [-0.15, -0.1) is 0 Å². The zero-order valence-corrected chi connectivity index (χ0v) is 17.7. The van der Waals surface area contributed by atoms with E-state index >= 15 is 0 Å². The summed E-state index contributed by atoms with van der Waals surface area (Å²) in [6.45, 7) is 2.12. The van der Waals surface area contributed by atoms with Gasteiger partial charge < -0.3 is 4.90 Å². The fraction of sp³-hybridized carbons (Fsp3) is 0.278. The number of nitrogens with zero attached hydrogens (tertiary/aromatic N) is 3. The molecule has 0 unspecified atom stereocenters. The number of sulfonamides is 1. The summed E-state index contributed by atoms with van der Waals surface area (Å²) in [7, 11) is -3.92. The van der Waals surface area contributed by atoms with Gasteiger partial charge in [0.1, 0.15) is 0 Å². The monoisotopic (exact) mass is 457 g/mol. The average molecular weight is 458 g/mol. The molecule has 29 heavy (non-hydrogen) atoms. The molecule has 8 nitrogen and oxygen atoms in total. The Morgan fingerprint density at radius 1 is 1.03 bits per heavy atom. The van der Waals surface area contributed by atoms with Crippen LogP contribution in [0.3, 0.4) is 0 Å². The lowest BCUT2D eigenvalue weighted by atomic mass is 10.2. The third kappa shape index (κ3) is 4.37. The Kier molecular flexibility index (Phi) is 6.13. The lowest BCUT2D eigenvalue weighted by molar-refractivity contribution is -0.385. The molecule has 0 atom stereocenters. The van der Waals surface area contributed by atoms with Crippen molar-refractivity contribution in [2.45, 2.75) is 11.8 Å². The molecule has 154 valence electrons. The Hall–Kier alpha value is -2.20. The number of piperazine rings is 1. The number of non-ortho nitro benzene ring substituents is 1. The summed E-state index contributed by atoms with van der Waals surface area (Å²) < 4.78 is 27.2. The summed E-state index contributed by atoms with van der Waals surface area (Å²) >= 11 is 11.8. The number of benzene rings is 2. The van der Waals surface area contributed by atoms with Crippen LogP contribution in [-0.4, -0.2) is 54.6 Å². The summed E-state index contributed by atoms with van der Waals surface area (Å²) in [6.07, 6.45) is 0. The minimum absolute atomic E-state index is 0.0809. The van der Waals surface area contributed by atoms with Crippen LogP contribution in [0.15, 0.2) is 41.3 Å². The van der Waals surface area contributed by atoms with Gasteiger partial charge in [-0.1, -0.05) is 29.3 Å². The van der Waals surface area contributed by atoms with E-state index in [9.17, 15) is 23.3 Å². The van der Waals surface area contributed by atoms with Gasteiger partial charge in [-0.25, -0.2) is 8.42 Å². The molecular weight excluding hydrogens is 441 g/mol. The van der Waals surface area contributed by atoms with Crippen LogP contribution in [0.1, 0.15) is 15.9 Å².